The molecule has 1 unspecified atom stereocenters. The second-order valence-corrected chi connectivity index (χ2v) is 17.5. The number of fused-ring (bicyclic) bond motifs is 1. The van der Waals surface area contributed by atoms with Crippen LogP contribution in [0.25, 0.3) is 11.0 Å². The Balaban J connectivity index is 0.950. The van der Waals surface area contributed by atoms with Gasteiger partial charge in [0, 0.05) is 69.9 Å². The molecule has 1 saturated heterocycles. The number of anilines is 2. The van der Waals surface area contributed by atoms with Crippen LogP contribution in [0.3, 0.4) is 0 Å². The maximum atomic E-state index is 12.9. The Kier molecular flexibility index (Phi) is 27.0. The van der Waals surface area contributed by atoms with Crippen LogP contribution in [0, 0.1) is 0 Å². The maximum absolute atomic E-state index is 12.9. The number of carboxylic acid groups (broad SMARTS) is 2. The number of hydrogen-bond donors (Lipinski definition) is 6. The lowest BCUT2D eigenvalue weighted by Crippen LogP contribution is -2.48. The molecule has 3 heterocycles. The summed E-state index contributed by atoms with van der Waals surface area (Å²) >= 11 is 0.890. The van der Waals surface area contributed by atoms with Crippen LogP contribution in [0.2, 0.25) is 0 Å². The lowest BCUT2D eigenvalue weighted by Gasteiger charge is -2.35. The van der Waals surface area contributed by atoms with Gasteiger partial charge in [-0.25, -0.2) is 14.8 Å². The van der Waals surface area contributed by atoms with Gasteiger partial charge < -0.3 is 65.5 Å². The van der Waals surface area contributed by atoms with E-state index in [1.807, 2.05) is 17.2 Å². The number of benzene rings is 1. The lowest BCUT2D eigenvalue weighted by molar-refractivity contribution is -0.299. The molecule has 0 radical (unpaired) electrons. The molecule has 1 aromatic carbocycles. The summed E-state index contributed by atoms with van der Waals surface area (Å²) in [5.41, 5.74) is 15.4. The van der Waals surface area contributed by atoms with Crippen molar-refractivity contribution in [3.8, 4) is 5.75 Å². The second-order valence-electron chi connectivity index (χ2n) is 16.3. The van der Waals surface area contributed by atoms with Crippen LogP contribution < -0.4 is 26.8 Å². The molecule has 0 spiro atoms. The van der Waals surface area contributed by atoms with Crippen molar-refractivity contribution in [2.24, 2.45) is 5.73 Å². The number of rotatable bonds is 38. The summed E-state index contributed by atoms with van der Waals surface area (Å²) in [6, 6.07) is 7.12. The third-order valence-electron chi connectivity index (χ3n) is 10.9. The molecule has 0 aliphatic carbocycles. The molecule has 386 valence electrons. The third kappa shape index (κ3) is 21.8. The molecule has 2 atom stereocenters. The highest BCUT2D eigenvalue weighted by atomic mass is 32.2. The molecule has 3 aromatic rings. The Morgan fingerprint density at radius 3 is 2.23 bits per heavy atom. The fourth-order valence-corrected chi connectivity index (χ4v) is 8.23. The summed E-state index contributed by atoms with van der Waals surface area (Å²) in [5, 5.41) is 23.0. The van der Waals surface area contributed by atoms with Gasteiger partial charge in [0.2, 0.25) is 17.8 Å². The van der Waals surface area contributed by atoms with Crippen LogP contribution >= 0.6 is 11.8 Å². The number of carbonyl (C=O) groups excluding carboxylic acids is 2. The van der Waals surface area contributed by atoms with Crippen molar-refractivity contribution in [2.45, 2.75) is 76.3 Å². The number of aromatic nitrogens is 3. The van der Waals surface area contributed by atoms with Crippen LogP contribution in [0.1, 0.15) is 63.0 Å². The summed E-state index contributed by atoms with van der Waals surface area (Å²) in [6.45, 7) is 10.9. The highest BCUT2D eigenvalue weighted by molar-refractivity contribution is 8.00. The van der Waals surface area contributed by atoms with E-state index in [1.54, 1.807) is 7.11 Å². The fourth-order valence-electron chi connectivity index (χ4n) is 7.15. The van der Waals surface area contributed by atoms with Crippen molar-refractivity contribution < 1.29 is 62.9 Å². The number of aliphatic carboxylic acids is 2. The average molecular weight is 992 g/mol. The quantitative estimate of drug-likeness (QED) is 0.0273. The number of thioether (sulfide) groups is 1. The summed E-state index contributed by atoms with van der Waals surface area (Å²) < 4.78 is 30.1. The first-order valence-corrected chi connectivity index (χ1v) is 24.7. The van der Waals surface area contributed by atoms with Crippen LogP contribution in [0.5, 0.6) is 5.75 Å². The van der Waals surface area contributed by atoms with E-state index in [0.717, 1.165) is 104 Å². The number of nitrogens with two attached hydrogens (primary N) is 2. The zero-order valence-corrected chi connectivity index (χ0v) is 40.9. The van der Waals surface area contributed by atoms with Gasteiger partial charge in [-0.15, -0.1) is 11.8 Å². The van der Waals surface area contributed by atoms with Gasteiger partial charge in [0.15, 0.2) is 5.82 Å². The summed E-state index contributed by atoms with van der Waals surface area (Å²) in [7, 11) is 1.69. The fraction of sp³-hybridized carbons (Fsp3) is 0.652. The average Bonchev–Trinajstić information content (AvgIpc) is 3.74. The van der Waals surface area contributed by atoms with E-state index in [4.69, 9.17) is 55.1 Å². The molecule has 2 aromatic heterocycles. The number of nitrogen functional groups attached to an aromatic ring is 1. The maximum Gasteiger partial charge on any atom is 0.321 e. The number of amides is 2. The van der Waals surface area contributed by atoms with Crippen molar-refractivity contribution in [2.75, 3.05) is 129 Å². The monoisotopic (exact) mass is 992 g/mol. The van der Waals surface area contributed by atoms with Crippen LogP contribution in [-0.4, -0.2) is 188 Å². The van der Waals surface area contributed by atoms with Gasteiger partial charge >= 0.3 is 11.9 Å². The Morgan fingerprint density at radius 1 is 0.812 bits per heavy atom. The van der Waals surface area contributed by atoms with E-state index in [-0.39, 0.29) is 37.4 Å². The molecular formula is C46H73N9O13S. The lowest BCUT2D eigenvalue weighted by atomic mass is 10.1. The minimum Gasteiger partial charge on any atom is -0.496 e. The number of piperazine rings is 1. The molecule has 8 N–H and O–H groups in total. The van der Waals surface area contributed by atoms with Crippen LogP contribution in [0.15, 0.2) is 30.5 Å². The van der Waals surface area contributed by atoms with Gasteiger partial charge in [0.05, 0.1) is 90.1 Å². The molecule has 1 aliphatic rings. The molecule has 1 fully saturated rings. The number of hydrogen-bond acceptors (Lipinski definition) is 18. The second kappa shape index (κ2) is 32.9. The number of ether oxygens (including phenoxy) is 5. The number of carbonyl (C=O) groups is 4. The van der Waals surface area contributed by atoms with Crippen molar-refractivity contribution >= 4 is 58.3 Å². The Bertz CT molecular complexity index is 1990. The number of methoxy groups -OCH3 is 1. The topological polar surface area (TPSA) is 287 Å². The van der Waals surface area contributed by atoms with Crippen molar-refractivity contribution in [1.29, 1.82) is 0 Å². The van der Waals surface area contributed by atoms with Crippen molar-refractivity contribution in [3.05, 3.63) is 41.6 Å². The zero-order valence-electron chi connectivity index (χ0n) is 40.1. The highest BCUT2D eigenvalue weighted by Gasteiger charge is 2.25. The smallest absolute Gasteiger partial charge is 0.321 e. The highest BCUT2D eigenvalue weighted by Crippen LogP contribution is 2.28. The summed E-state index contributed by atoms with van der Waals surface area (Å²) in [4.78, 5) is 70.7. The SMILES string of the molecule is CCCCCNc1nc(N)nc2ccn(Cc3ccc(CN4CCN(C(=O)CCOCCOCCOOCCCCOCCOCCNC(=O)C(CC(=O)O)SC[C@H](N)C(=O)O)CC4)cc3OC)c12. The largest absolute Gasteiger partial charge is 0.496 e. The van der Waals surface area contributed by atoms with E-state index in [0.29, 0.717) is 78.9 Å². The molecule has 0 saturated carbocycles. The van der Waals surface area contributed by atoms with Gasteiger partial charge in [-0.05, 0) is 37.0 Å². The molecule has 69 heavy (non-hydrogen) atoms. The Morgan fingerprint density at radius 2 is 1.51 bits per heavy atom. The molecule has 0 bridgehead atoms. The van der Waals surface area contributed by atoms with E-state index in [9.17, 15) is 19.2 Å². The van der Waals surface area contributed by atoms with Gasteiger partial charge in [0.1, 0.15) is 23.9 Å². The molecular weight excluding hydrogens is 919 g/mol. The van der Waals surface area contributed by atoms with E-state index >= 15 is 0 Å². The minimum atomic E-state index is -1.22. The van der Waals surface area contributed by atoms with Gasteiger partial charge in [-0.1, -0.05) is 31.9 Å². The minimum absolute atomic E-state index is 0.0833. The molecule has 22 nitrogen and oxygen atoms in total. The number of unbranched alkanes of at least 4 members (excludes halogenated alkanes) is 3. The molecule has 2 amide bonds. The predicted molar refractivity (Wildman–Crippen MR) is 260 cm³/mol. The number of nitrogens with one attached hydrogen (secondary N) is 2. The third-order valence-corrected chi connectivity index (χ3v) is 12.2. The summed E-state index contributed by atoms with van der Waals surface area (Å²) in [5.74, 6) is -1.12. The van der Waals surface area contributed by atoms with E-state index < -0.39 is 35.6 Å². The van der Waals surface area contributed by atoms with Gasteiger partial charge in [0.25, 0.3) is 0 Å². The van der Waals surface area contributed by atoms with Crippen LogP contribution in [0.4, 0.5) is 11.8 Å². The first-order chi connectivity index (χ1) is 33.5. The Labute approximate surface area is 408 Å². The Hall–Kier alpha value is -4.85. The summed E-state index contributed by atoms with van der Waals surface area (Å²) in [6.07, 6.45) is 6.70. The van der Waals surface area contributed by atoms with Gasteiger partial charge in [-0.3, -0.25) is 24.1 Å². The molecule has 23 heteroatoms. The number of carboxylic acids is 2. The van der Waals surface area contributed by atoms with E-state index in [1.165, 1.54) is 0 Å². The standard InChI is InChI=1S/C46H73N9O13S/c1-3-4-5-12-49-43-42-37(51-46(48)52-43)10-14-55(42)32-35-9-8-34(29-38(35)62-2)31-53-15-17-54(18-16-53)40(56)11-21-64-24-26-66-27-28-68-67-20-7-6-19-63-23-25-65-22-13-50-44(59)39(30-41(57)58)69-33-36(47)45(60)61/h8-10,14,29,36,39H,3-7,11-13,15-28,30-33,47H2,1-2H3,(H,50,59)(H,57,58)(H,60,61)(H3,48,49,51,52)/t36-,39?/m0/s1. The van der Waals surface area contributed by atoms with E-state index in [2.05, 4.69) is 55.2 Å². The molecule has 4 rings (SSSR count). The predicted octanol–water partition coefficient (Wildman–Crippen LogP) is 2.61. The number of nitrogens with zero attached hydrogens (tertiary/aromatic N) is 5. The van der Waals surface area contributed by atoms with Crippen LogP contribution in [-0.2, 0) is 61.0 Å². The first-order valence-electron chi connectivity index (χ1n) is 23.7. The zero-order chi connectivity index (χ0) is 49.6. The van der Waals surface area contributed by atoms with Gasteiger partial charge in [-0.2, -0.15) is 4.98 Å². The molecule has 1 aliphatic heterocycles. The van der Waals surface area contributed by atoms with Crippen molar-refractivity contribution in [3.63, 3.8) is 0 Å². The first kappa shape index (κ1) is 56.7. The van der Waals surface area contributed by atoms with Crippen molar-refractivity contribution in [1.82, 2.24) is 29.7 Å². The normalized spacial score (nSPS) is 13.9.